The van der Waals surface area contributed by atoms with Crippen LogP contribution in [0.4, 0.5) is 11.4 Å². The van der Waals surface area contributed by atoms with Crippen molar-refractivity contribution in [3.63, 3.8) is 0 Å². The Balaban J connectivity index is 1.72. The van der Waals surface area contributed by atoms with Crippen LogP contribution in [0.2, 0.25) is 5.02 Å². The van der Waals surface area contributed by atoms with Crippen LogP contribution < -0.4 is 15.0 Å². The smallest absolute Gasteiger partial charge is 0.265 e. The maximum atomic E-state index is 12.6. The third-order valence-electron chi connectivity index (χ3n) is 4.28. The molecule has 3 rings (SSSR count). The number of anilines is 2. The van der Waals surface area contributed by atoms with Crippen molar-refractivity contribution < 1.29 is 14.3 Å². The van der Waals surface area contributed by atoms with Crippen molar-refractivity contribution in [2.24, 2.45) is 0 Å². The van der Waals surface area contributed by atoms with E-state index in [1.54, 1.807) is 6.92 Å². The van der Waals surface area contributed by atoms with Crippen LogP contribution >= 0.6 is 11.6 Å². The third-order valence-corrected chi connectivity index (χ3v) is 4.58. The van der Waals surface area contributed by atoms with E-state index in [2.05, 4.69) is 10.2 Å². The van der Waals surface area contributed by atoms with Gasteiger partial charge in [0.15, 0.2) is 6.10 Å². The van der Waals surface area contributed by atoms with Crippen LogP contribution in [0.15, 0.2) is 42.5 Å². The number of ether oxygens (including phenoxy) is 2. The molecular formula is C20H23ClN2O3. The predicted octanol–water partition coefficient (Wildman–Crippen LogP) is 3.89. The molecule has 0 spiro atoms. The molecule has 0 saturated carbocycles. The van der Waals surface area contributed by atoms with Crippen LogP contribution in [-0.4, -0.2) is 38.3 Å². The van der Waals surface area contributed by atoms with Gasteiger partial charge in [-0.1, -0.05) is 35.4 Å². The van der Waals surface area contributed by atoms with Gasteiger partial charge < -0.3 is 19.7 Å². The number of nitrogens with zero attached hydrogens (tertiary/aromatic N) is 1. The van der Waals surface area contributed by atoms with Crippen LogP contribution in [0.5, 0.6) is 5.75 Å². The van der Waals surface area contributed by atoms with Crippen molar-refractivity contribution in [3.8, 4) is 5.75 Å². The fourth-order valence-electron chi connectivity index (χ4n) is 2.83. The summed E-state index contributed by atoms with van der Waals surface area (Å²) in [5, 5.41) is 3.56. The second kappa shape index (κ2) is 8.43. The SMILES string of the molecule is Cc1ccc(OC(C)C(=O)Nc2cccc(Cl)c2N2CCOCC2)cc1. The van der Waals surface area contributed by atoms with E-state index < -0.39 is 6.10 Å². The monoisotopic (exact) mass is 374 g/mol. The summed E-state index contributed by atoms with van der Waals surface area (Å²) in [6.07, 6.45) is -0.630. The number of hydrogen-bond acceptors (Lipinski definition) is 4. The Labute approximate surface area is 158 Å². The molecule has 1 atom stereocenters. The van der Waals surface area contributed by atoms with Gasteiger partial charge in [0.05, 0.1) is 29.6 Å². The lowest BCUT2D eigenvalue weighted by Crippen LogP contribution is -2.37. The summed E-state index contributed by atoms with van der Waals surface area (Å²) in [7, 11) is 0. The summed E-state index contributed by atoms with van der Waals surface area (Å²) in [4.78, 5) is 14.7. The highest BCUT2D eigenvalue weighted by Crippen LogP contribution is 2.34. The zero-order chi connectivity index (χ0) is 18.5. The van der Waals surface area contributed by atoms with Gasteiger partial charge in [-0.2, -0.15) is 0 Å². The van der Waals surface area contributed by atoms with E-state index in [0.717, 1.165) is 24.3 Å². The van der Waals surface area contributed by atoms with Crippen molar-refractivity contribution >= 4 is 28.9 Å². The molecule has 0 bridgehead atoms. The summed E-state index contributed by atoms with van der Waals surface area (Å²) < 4.78 is 11.1. The van der Waals surface area contributed by atoms with Crippen molar-refractivity contribution in [1.29, 1.82) is 0 Å². The highest BCUT2D eigenvalue weighted by molar-refractivity contribution is 6.34. The number of para-hydroxylation sites is 1. The first kappa shape index (κ1) is 18.5. The van der Waals surface area contributed by atoms with Crippen LogP contribution in [0.1, 0.15) is 12.5 Å². The van der Waals surface area contributed by atoms with Gasteiger partial charge in [-0.3, -0.25) is 4.79 Å². The number of rotatable bonds is 5. The van der Waals surface area contributed by atoms with E-state index in [9.17, 15) is 4.79 Å². The number of benzene rings is 2. The second-order valence-corrected chi connectivity index (χ2v) is 6.71. The number of amides is 1. The lowest BCUT2D eigenvalue weighted by atomic mass is 10.2. The molecule has 0 aliphatic carbocycles. The van der Waals surface area contributed by atoms with Crippen LogP contribution in [0.3, 0.4) is 0 Å². The van der Waals surface area contributed by atoms with E-state index in [0.29, 0.717) is 29.7 Å². The summed E-state index contributed by atoms with van der Waals surface area (Å²) in [6.45, 7) is 6.50. The molecule has 5 nitrogen and oxygen atoms in total. The lowest BCUT2D eigenvalue weighted by Gasteiger charge is -2.31. The van der Waals surface area contributed by atoms with E-state index in [1.807, 2.05) is 49.4 Å². The van der Waals surface area contributed by atoms with Gasteiger partial charge in [-0.05, 0) is 38.1 Å². The summed E-state index contributed by atoms with van der Waals surface area (Å²) in [5.74, 6) is 0.445. The van der Waals surface area contributed by atoms with Gasteiger partial charge >= 0.3 is 0 Å². The predicted molar refractivity (Wildman–Crippen MR) is 104 cm³/mol. The number of nitrogens with one attached hydrogen (secondary N) is 1. The molecule has 2 aromatic carbocycles. The molecule has 1 fully saturated rings. The lowest BCUT2D eigenvalue weighted by molar-refractivity contribution is -0.122. The number of hydrogen-bond donors (Lipinski definition) is 1. The molecule has 138 valence electrons. The number of halogens is 1. The quantitative estimate of drug-likeness (QED) is 0.862. The molecule has 0 radical (unpaired) electrons. The Kier molecular flexibility index (Phi) is 6.01. The minimum absolute atomic E-state index is 0.220. The van der Waals surface area contributed by atoms with E-state index in [4.69, 9.17) is 21.1 Å². The summed E-state index contributed by atoms with van der Waals surface area (Å²) in [5.41, 5.74) is 2.65. The first-order valence-electron chi connectivity index (χ1n) is 8.70. The molecule has 1 N–H and O–H groups in total. The van der Waals surface area contributed by atoms with Gasteiger partial charge in [0.2, 0.25) is 0 Å². The third kappa shape index (κ3) is 4.48. The summed E-state index contributed by atoms with van der Waals surface area (Å²) >= 11 is 6.41. The van der Waals surface area contributed by atoms with E-state index >= 15 is 0 Å². The van der Waals surface area contributed by atoms with Crippen LogP contribution in [0, 0.1) is 6.92 Å². The normalized spacial score (nSPS) is 15.4. The maximum Gasteiger partial charge on any atom is 0.265 e. The minimum Gasteiger partial charge on any atom is -0.481 e. The number of carbonyl (C=O) groups is 1. The van der Waals surface area contributed by atoms with Gasteiger partial charge in [-0.25, -0.2) is 0 Å². The van der Waals surface area contributed by atoms with Crippen molar-refractivity contribution in [3.05, 3.63) is 53.1 Å². The second-order valence-electron chi connectivity index (χ2n) is 6.30. The highest BCUT2D eigenvalue weighted by atomic mass is 35.5. The average Bonchev–Trinajstić information content (AvgIpc) is 2.64. The van der Waals surface area contributed by atoms with Crippen LogP contribution in [0.25, 0.3) is 0 Å². The molecule has 1 amide bonds. The Hall–Kier alpha value is -2.24. The standard InChI is InChI=1S/C20H23ClN2O3/c1-14-6-8-16(9-7-14)26-15(2)20(24)22-18-5-3-4-17(21)19(18)23-10-12-25-13-11-23/h3-9,15H,10-13H2,1-2H3,(H,22,24). The van der Waals surface area contributed by atoms with Crippen molar-refractivity contribution in [2.75, 3.05) is 36.5 Å². The van der Waals surface area contributed by atoms with E-state index in [1.165, 1.54) is 0 Å². The first-order chi connectivity index (χ1) is 12.5. The zero-order valence-electron chi connectivity index (χ0n) is 15.0. The Morgan fingerprint density at radius 3 is 2.58 bits per heavy atom. The van der Waals surface area contributed by atoms with Crippen molar-refractivity contribution in [1.82, 2.24) is 0 Å². The maximum absolute atomic E-state index is 12.6. The molecule has 0 aromatic heterocycles. The Morgan fingerprint density at radius 2 is 1.88 bits per heavy atom. The molecule has 2 aromatic rings. The average molecular weight is 375 g/mol. The molecule has 6 heteroatoms. The van der Waals surface area contributed by atoms with Gasteiger partial charge in [0, 0.05) is 13.1 Å². The number of carbonyl (C=O) groups excluding carboxylic acids is 1. The molecule has 26 heavy (non-hydrogen) atoms. The van der Waals surface area contributed by atoms with Gasteiger partial charge in [-0.15, -0.1) is 0 Å². The molecule has 1 saturated heterocycles. The number of aryl methyl sites for hydroxylation is 1. The van der Waals surface area contributed by atoms with Crippen LogP contribution in [-0.2, 0) is 9.53 Å². The minimum atomic E-state index is -0.630. The highest BCUT2D eigenvalue weighted by Gasteiger charge is 2.21. The molecule has 1 aliphatic rings. The van der Waals surface area contributed by atoms with Gasteiger partial charge in [0.1, 0.15) is 5.75 Å². The topological polar surface area (TPSA) is 50.8 Å². The Morgan fingerprint density at radius 1 is 1.19 bits per heavy atom. The summed E-state index contributed by atoms with van der Waals surface area (Å²) in [6, 6.07) is 13.1. The van der Waals surface area contributed by atoms with Gasteiger partial charge in [0.25, 0.3) is 5.91 Å². The molecule has 1 heterocycles. The largest absolute Gasteiger partial charge is 0.481 e. The molecular weight excluding hydrogens is 352 g/mol. The zero-order valence-corrected chi connectivity index (χ0v) is 15.8. The Bertz CT molecular complexity index is 758. The number of morpholine rings is 1. The van der Waals surface area contributed by atoms with Crippen molar-refractivity contribution in [2.45, 2.75) is 20.0 Å². The molecule has 1 aliphatic heterocycles. The fourth-order valence-corrected chi connectivity index (χ4v) is 3.13. The first-order valence-corrected chi connectivity index (χ1v) is 9.08. The van der Waals surface area contributed by atoms with E-state index in [-0.39, 0.29) is 5.91 Å². The fraction of sp³-hybridized carbons (Fsp3) is 0.350. The molecule has 1 unspecified atom stereocenters.